The van der Waals surface area contributed by atoms with Gasteiger partial charge in [-0.25, -0.2) is 0 Å². The van der Waals surface area contributed by atoms with Gasteiger partial charge in [-0.15, -0.1) is 0 Å². The topological polar surface area (TPSA) is 99.4 Å². The van der Waals surface area contributed by atoms with Crippen molar-refractivity contribution in [2.75, 3.05) is 0 Å². The first-order valence-corrected chi connectivity index (χ1v) is 6.62. The molecule has 0 radical (unpaired) electrons. The summed E-state index contributed by atoms with van der Waals surface area (Å²) in [5, 5.41) is 39.2. The van der Waals surface area contributed by atoms with Crippen molar-refractivity contribution in [3.63, 3.8) is 0 Å². The molecule has 18 heavy (non-hydrogen) atoms. The molecule has 0 aromatic rings. The predicted molar refractivity (Wildman–Crippen MR) is 59.6 cm³/mol. The van der Waals surface area contributed by atoms with Gasteiger partial charge in [-0.3, -0.25) is 0 Å². The van der Waals surface area contributed by atoms with Gasteiger partial charge in [0.2, 0.25) is 0 Å². The molecule has 6 nitrogen and oxygen atoms in total. The van der Waals surface area contributed by atoms with Crippen molar-refractivity contribution < 1.29 is 29.9 Å². The van der Waals surface area contributed by atoms with Crippen molar-refractivity contribution in [2.24, 2.45) is 0 Å². The highest BCUT2D eigenvalue weighted by Crippen LogP contribution is 2.44. The van der Waals surface area contributed by atoms with E-state index in [2.05, 4.69) is 0 Å². The fourth-order valence-electron chi connectivity index (χ4n) is 3.30. The van der Waals surface area contributed by atoms with Crippen LogP contribution in [0.3, 0.4) is 0 Å². The minimum atomic E-state index is -1.40. The molecular weight excluding hydrogens is 240 g/mol. The van der Waals surface area contributed by atoms with Crippen LogP contribution in [0.1, 0.15) is 32.1 Å². The average Bonchev–Trinajstić information content (AvgIpc) is 2.74. The second-order valence-corrected chi connectivity index (χ2v) is 5.60. The molecule has 0 bridgehead atoms. The van der Waals surface area contributed by atoms with E-state index in [0.29, 0.717) is 0 Å². The van der Waals surface area contributed by atoms with Crippen LogP contribution >= 0.6 is 0 Å². The third-order valence-electron chi connectivity index (χ3n) is 4.36. The quantitative estimate of drug-likeness (QED) is 0.441. The van der Waals surface area contributed by atoms with Crippen molar-refractivity contribution in [1.82, 2.24) is 0 Å². The number of aliphatic hydroxyl groups excluding tert-OH is 4. The largest absolute Gasteiger partial charge is 0.387 e. The maximum atomic E-state index is 9.92. The lowest BCUT2D eigenvalue weighted by Gasteiger charge is -2.38. The maximum Gasteiger partial charge on any atom is 0.169 e. The zero-order valence-corrected chi connectivity index (χ0v) is 10.1. The summed E-state index contributed by atoms with van der Waals surface area (Å²) in [4.78, 5) is 0. The van der Waals surface area contributed by atoms with Crippen LogP contribution in [0.2, 0.25) is 0 Å². The van der Waals surface area contributed by atoms with Crippen LogP contribution in [0, 0.1) is 0 Å². The molecule has 3 fully saturated rings. The lowest BCUT2D eigenvalue weighted by molar-refractivity contribution is -0.203. The van der Waals surface area contributed by atoms with Crippen molar-refractivity contribution in [1.29, 1.82) is 0 Å². The van der Waals surface area contributed by atoms with Gasteiger partial charge in [0.15, 0.2) is 5.79 Å². The van der Waals surface area contributed by atoms with Gasteiger partial charge in [-0.2, -0.15) is 0 Å². The summed E-state index contributed by atoms with van der Waals surface area (Å²) >= 11 is 0. The van der Waals surface area contributed by atoms with Crippen molar-refractivity contribution in [2.45, 2.75) is 74.5 Å². The average molecular weight is 260 g/mol. The molecule has 0 amide bonds. The summed E-state index contributed by atoms with van der Waals surface area (Å²) in [6.45, 7) is 0. The van der Waals surface area contributed by atoms with Crippen LogP contribution in [0.15, 0.2) is 0 Å². The summed E-state index contributed by atoms with van der Waals surface area (Å²) in [5.74, 6) is -0.751. The Morgan fingerprint density at radius 2 is 1.11 bits per heavy atom. The Labute approximate surface area is 105 Å². The van der Waals surface area contributed by atoms with Gasteiger partial charge >= 0.3 is 0 Å². The fraction of sp³-hybridized carbons (Fsp3) is 1.00. The zero-order chi connectivity index (χ0) is 12.9. The molecule has 6 atom stereocenters. The first-order chi connectivity index (χ1) is 8.54. The first kappa shape index (κ1) is 12.8. The van der Waals surface area contributed by atoms with Gasteiger partial charge in [-0.1, -0.05) is 6.42 Å². The molecule has 3 aliphatic rings. The van der Waals surface area contributed by atoms with Crippen molar-refractivity contribution >= 4 is 0 Å². The molecule has 4 N–H and O–H groups in total. The molecule has 0 aromatic heterocycles. The molecule has 3 rings (SSSR count). The van der Waals surface area contributed by atoms with Crippen LogP contribution in [-0.2, 0) is 9.47 Å². The Balaban J connectivity index is 1.82. The third kappa shape index (κ3) is 1.79. The molecule has 1 spiro atoms. The summed E-state index contributed by atoms with van der Waals surface area (Å²) in [6, 6.07) is 0. The Bertz CT molecular complexity index is 292. The Morgan fingerprint density at radius 3 is 1.56 bits per heavy atom. The van der Waals surface area contributed by atoms with Gasteiger partial charge in [0, 0.05) is 12.8 Å². The Morgan fingerprint density at radius 1 is 0.667 bits per heavy atom. The molecule has 104 valence electrons. The van der Waals surface area contributed by atoms with Crippen molar-refractivity contribution in [3.8, 4) is 0 Å². The van der Waals surface area contributed by atoms with Crippen LogP contribution in [-0.4, -0.2) is 62.8 Å². The number of ether oxygens (including phenoxy) is 2. The summed E-state index contributed by atoms with van der Waals surface area (Å²) in [5.41, 5.74) is 0. The lowest BCUT2D eigenvalue weighted by atomic mass is 9.85. The standard InChI is InChI=1S/C12H20O6/c13-6-7(14)9(16)11-10(8(6)15)17-12(18-11)4-2-1-3-5-12/h6-11,13-16H,1-5H2/t6-,7+,8-,9+,10-,11-/m0/s1. The normalized spacial score (nSPS) is 51.3. The van der Waals surface area contributed by atoms with Gasteiger partial charge in [-0.05, 0) is 12.8 Å². The van der Waals surface area contributed by atoms with E-state index in [-0.39, 0.29) is 0 Å². The van der Waals surface area contributed by atoms with E-state index in [9.17, 15) is 20.4 Å². The highest BCUT2D eigenvalue weighted by Gasteiger charge is 2.59. The highest BCUT2D eigenvalue weighted by molar-refractivity contribution is 5.04. The van der Waals surface area contributed by atoms with E-state index in [1.807, 2.05) is 0 Å². The second kappa shape index (κ2) is 4.40. The number of hydrogen-bond acceptors (Lipinski definition) is 6. The van der Waals surface area contributed by atoms with Gasteiger partial charge in [0.05, 0.1) is 0 Å². The Kier molecular flexibility index (Phi) is 3.12. The van der Waals surface area contributed by atoms with E-state index in [1.54, 1.807) is 0 Å². The highest BCUT2D eigenvalue weighted by atomic mass is 16.8. The van der Waals surface area contributed by atoms with Crippen LogP contribution < -0.4 is 0 Å². The van der Waals surface area contributed by atoms with E-state index in [4.69, 9.17) is 9.47 Å². The first-order valence-electron chi connectivity index (χ1n) is 6.62. The van der Waals surface area contributed by atoms with E-state index in [0.717, 1.165) is 32.1 Å². The molecule has 1 aliphatic heterocycles. The predicted octanol–water partition coefficient (Wildman–Crippen LogP) is -1.11. The van der Waals surface area contributed by atoms with E-state index in [1.165, 1.54) is 0 Å². The summed E-state index contributed by atoms with van der Waals surface area (Å²) < 4.78 is 11.6. The molecular formula is C12H20O6. The van der Waals surface area contributed by atoms with E-state index >= 15 is 0 Å². The fourth-order valence-corrected chi connectivity index (χ4v) is 3.30. The van der Waals surface area contributed by atoms with Crippen molar-refractivity contribution in [3.05, 3.63) is 0 Å². The number of hydrogen-bond donors (Lipinski definition) is 4. The number of aliphatic hydroxyl groups is 4. The monoisotopic (exact) mass is 260 g/mol. The molecule has 6 heteroatoms. The second-order valence-electron chi connectivity index (χ2n) is 5.60. The Hall–Kier alpha value is -0.240. The van der Waals surface area contributed by atoms with Gasteiger partial charge in [0.25, 0.3) is 0 Å². The SMILES string of the molecule is O[C@@H]1[C@H](O)[C@H](O)[C@@H]2OC3(CCCCC3)O[C@H]2[C@@H]1O. The molecule has 0 aromatic carbocycles. The molecule has 2 saturated carbocycles. The number of rotatable bonds is 0. The lowest BCUT2D eigenvalue weighted by Crippen LogP contribution is -2.62. The summed E-state index contributed by atoms with van der Waals surface area (Å²) in [7, 11) is 0. The third-order valence-corrected chi connectivity index (χ3v) is 4.36. The van der Waals surface area contributed by atoms with Gasteiger partial charge in [0.1, 0.15) is 36.6 Å². The zero-order valence-electron chi connectivity index (χ0n) is 10.1. The molecule has 2 aliphatic carbocycles. The summed E-state index contributed by atoms with van der Waals surface area (Å²) in [6.07, 6.45) is -2.24. The minimum Gasteiger partial charge on any atom is -0.387 e. The van der Waals surface area contributed by atoms with E-state index < -0.39 is 42.4 Å². The maximum absolute atomic E-state index is 9.92. The molecule has 1 heterocycles. The smallest absolute Gasteiger partial charge is 0.169 e. The van der Waals surface area contributed by atoms with Gasteiger partial charge < -0.3 is 29.9 Å². The minimum absolute atomic E-state index is 0.728. The van der Waals surface area contributed by atoms with Crippen LogP contribution in [0.4, 0.5) is 0 Å². The molecule has 0 unspecified atom stereocenters. The molecule has 1 saturated heterocycles. The van der Waals surface area contributed by atoms with Crippen LogP contribution in [0.25, 0.3) is 0 Å². The number of fused-ring (bicyclic) bond motifs is 1. The van der Waals surface area contributed by atoms with Crippen LogP contribution in [0.5, 0.6) is 0 Å².